The Hall–Kier alpha value is -0.870. The molecule has 0 atom stereocenters. The van der Waals surface area contributed by atoms with E-state index in [1.807, 2.05) is 6.07 Å². The minimum Gasteiger partial charge on any atom is -0.385 e. The summed E-state index contributed by atoms with van der Waals surface area (Å²) in [6.07, 6.45) is 2.42. The van der Waals surface area contributed by atoms with Gasteiger partial charge in [-0.05, 0) is 24.3 Å². The summed E-state index contributed by atoms with van der Waals surface area (Å²) in [5, 5.41) is 5.09. The van der Waals surface area contributed by atoms with E-state index < -0.39 is 0 Å². The highest BCUT2D eigenvalue weighted by molar-refractivity contribution is 7.10. The first-order valence-corrected chi connectivity index (χ1v) is 7.24. The molecule has 0 saturated heterocycles. The van der Waals surface area contributed by atoms with Crippen LogP contribution in [0.1, 0.15) is 38.0 Å². The molecule has 0 aliphatic heterocycles. The SMILES string of the molecule is COCCCCC(=O)NCC(C)(C)c1cccs1. The molecule has 3 nitrogen and oxygen atoms in total. The van der Waals surface area contributed by atoms with E-state index in [2.05, 4.69) is 30.6 Å². The monoisotopic (exact) mass is 269 g/mol. The van der Waals surface area contributed by atoms with Crippen molar-refractivity contribution in [3.63, 3.8) is 0 Å². The van der Waals surface area contributed by atoms with Gasteiger partial charge in [-0.25, -0.2) is 0 Å². The molecule has 1 amide bonds. The summed E-state index contributed by atoms with van der Waals surface area (Å²) in [4.78, 5) is 13.0. The van der Waals surface area contributed by atoms with E-state index in [9.17, 15) is 4.79 Å². The number of hydrogen-bond donors (Lipinski definition) is 1. The average Bonchev–Trinajstić information content (AvgIpc) is 2.87. The number of amides is 1. The molecule has 4 heteroatoms. The van der Waals surface area contributed by atoms with Crippen molar-refractivity contribution in [2.75, 3.05) is 20.3 Å². The van der Waals surface area contributed by atoms with Gasteiger partial charge in [0.05, 0.1) is 0 Å². The molecule has 0 saturated carbocycles. The van der Waals surface area contributed by atoms with Crippen LogP contribution in [-0.4, -0.2) is 26.2 Å². The van der Waals surface area contributed by atoms with Gasteiger partial charge in [0.2, 0.25) is 5.91 Å². The van der Waals surface area contributed by atoms with E-state index in [4.69, 9.17) is 4.74 Å². The maximum absolute atomic E-state index is 11.7. The molecule has 1 N–H and O–H groups in total. The first kappa shape index (κ1) is 15.2. The molecule has 102 valence electrons. The van der Waals surface area contributed by atoms with Gasteiger partial charge in [0.1, 0.15) is 0 Å². The van der Waals surface area contributed by atoms with Gasteiger partial charge in [-0.1, -0.05) is 19.9 Å². The molecule has 0 radical (unpaired) electrons. The standard InChI is InChI=1S/C14H23NO2S/c1-14(2,12-7-6-10-18-12)11-15-13(16)8-4-5-9-17-3/h6-7,10H,4-5,8-9,11H2,1-3H3,(H,15,16). The van der Waals surface area contributed by atoms with Gasteiger partial charge in [0.25, 0.3) is 0 Å². The van der Waals surface area contributed by atoms with Crippen molar-refractivity contribution in [2.24, 2.45) is 0 Å². The molecule has 0 bridgehead atoms. The number of rotatable bonds is 8. The van der Waals surface area contributed by atoms with E-state index in [1.54, 1.807) is 18.4 Å². The number of hydrogen-bond acceptors (Lipinski definition) is 3. The Balaban J connectivity index is 2.25. The van der Waals surface area contributed by atoms with Gasteiger partial charge < -0.3 is 10.1 Å². The molecule has 1 heterocycles. The zero-order valence-electron chi connectivity index (χ0n) is 11.5. The van der Waals surface area contributed by atoms with Gasteiger partial charge >= 0.3 is 0 Å². The smallest absolute Gasteiger partial charge is 0.220 e. The molecule has 18 heavy (non-hydrogen) atoms. The maximum atomic E-state index is 11.7. The molecule has 0 spiro atoms. The lowest BCUT2D eigenvalue weighted by atomic mass is 9.91. The summed E-state index contributed by atoms with van der Waals surface area (Å²) in [7, 11) is 1.68. The van der Waals surface area contributed by atoms with Crippen LogP contribution in [0.4, 0.5) is 0 Å². The van der Waals surface area contributed by atoms with Crippen LogP contribution in [0.3, 0.4) is 0 Å². The zero-order valence-corrected chi connectivity index (χ0v) is 12.3. The van der Waals surface area contributed by atoms with E-state index in [1.165, 1.54) is 4.88 Å². The molecule has 0 aliphatic carbocycles. The topological polar surface area (TPSA) is 38.3 Å². The van der Waals surface area contributed by atoms with Gasteiger partial charge in [0.15, 0.2) is 0 Å². The molecule has 1 aromatic rings. The number of methoxy groups -OCH3 is 1. The second-order valence-electron chi connectivity index (χ2n) is 5.09. The second kappa shape index (κ2) is 7.54. The Morgan fingerprint density at radius 3 is 2.83 bits per heavy atom. The summed E-state index contributed by atoms with van der Waals surface area (Å²) in [5.74, 6) is 0.135. The number of thiophene rings is 1. The van der Waals surface area contributed by atoms with Crippen LogP contribution in [0.2, 0.25) is 0 Å². The van der Waals surface area contributed by atoms with E-state index in [0.717, 1.165) is 19.4 Å². The first-order valence-electron chi connectivity index (χ1n) is 6.36. The summed E-state index contributed by atoms with van der Waals surface area (Å²) in [6, 6.07) is 4.17. The lowest BCUT2D eigenvalue weighted by Crippen LogP contribution is -2.36. The van der Waals surface area contributed by atoms with Crippen LogP contribution in [-0.2, 0) is 14.9 Å². The number of carbonyl (C=O) groups is 1. The predicted octanol–water partition coefficient (Wildman–Crippen LogP) is 2.96. The van der Waals surface area contributed by atoms with E-state index in [-0.39, 0.29) is 11.3 Å². The fraction of sp³-hybridized carbons (Fsp3) is 0.643. The van der Waals surface area contributed by atoms with Gasteiger partial charge in [0, 0.05) is 37.0 Å². The van der Waals surface area contributed by atoms with Crippen molar-refractivity contribution in [2.45, 2.75) is 38.5 Å². The minimum atomic E-state index is 0.0103. The Morgan fingerprint density at radius 2 is 2.22 bits per heavy atom. The Labute approximate surface area is 114 Å². The number of carbonyl (C=O) groups excluding carboxylic acids is 1. The average molecular weight is 269 g/mol. The van der Waals surface area contributed by atoms with Crippen LogP contribution in [0.25, 0.3) is 0 Å². The van der Waals surface area contributed by atoms with Crippen molar-refractivity contribution in [1.82, 2.24) is 5.32 Å². The van der Waals surface area contributed by atoms with Crippen molar-refractivity contribution >= 4 is 17.2 Å². The number of nitrogens with one attached hydrogen (secondary N) is 1. The third kappa shape index (κ3) is 5.19. The summed E-state index contributed by atoms with van der Waals surface area (Å²) in [6.45, 7) is 5.73. The fourth-order valence-electron chi connectivity index (χ4n) is 1.69. The van der Waals surface area contributed by atoms with Crippen molar-refractivity contribution in [1.29, 1.82) is 0 Å². The molecule has 0 unspecified atom stereocenters. The zero-order chi connectivity index (χ0) is 13.4. The highest BCUT2D eigenvalue weighted by atomic mass is 32.1. The molecule has 0 fully saturated rings. The molecule has 1 aromatic heterocycles. The lowest BCUT2D eigenvalue weighted by Gasteiger charge is -2.23. The third-order valence-corrected chi connectivity index (χ3v) is 4.15. The summed E-state index contributed by atoms with van der Waals surface area (Å²) in [5.41, 5.74) is 0.0103. The predicted molar refractivity (Wildman–Crippen MR) is 76.1 cm³/mol. The fourth-order valence-corrected chi connectivity index (χ4v) is 2.54. The first-order chi connectivity index (χ1) is 8.56. The van der Waals surface area contributed by atoms with Crippen LogP contribution < -0.4 is 5.32 Å². The van der Waals surface area contributed by atoms with Crippen molar-refractivity contribution < 1.29 is 9.53 Å². The molecular weight excluding hydrogens is 246 g/mol. The summed E-state index contributed by atoms with van der Waals surface area (Å²) >= 11 is 1.74. The lowest BCUT2D eigenvalue weighted by molar-refractivity contribution is -0.121. The Morgan fingerprint density at radius 1 is 1.44 bits per heavy atom. The second-order valence-corrected chi connectivity index (χ2v) is 6.04. The van der Waals surface area contributed by atoms with E-state index >= 15 is 0 Å². The van der Waals surface area contributed by atoms with Crippen molar-refractivity contribution in [3.8, 4) is 0 Å². The third-order valence-electron chi connectivity index (χ3n) is 2.92. The number of ether oxygens (including phenoxy) is 1. The minimum absolute atomic E-state index is 0.0103. The highest BCUT2D eigenvalue weighted by Gasteiger charge is 2.22. The van der Waals surface area contributed by atoms with Crippen LogP contribution in [0.15, 0.2) is 17.5 Å². The molecule has 1 rings (SSSR count). The number of unbranched alkanes of at least 4 members (excludes halogenated alkanes) is 1. The largest absolute Gasteiger partial charge is 0.385 e. The summed E-state index contributed by atoms with van der Waals surface area (Å²) < 4.78 is 4.96. The maximum Gasteiger partial charge on any atom is 0.220 e. The van der Waals surface area contributed by atoms with Gasteiger partial charge in [-0.3, -0.25) is 4.79 Å². The normalized spacial score (nSPS) is 11.5. The Kier molecular flexibility index (Phi) is 6.36. The molecule has 0 aliphatic rings. The van der Waals surface area contributed by atoms with Crippen molar-refractivity contribution in [3.05, 3.63) is 22.4 Å². The molecular formula is C14H23NO2S. The van der Waals surface area contributed by atoms with Gasteiger partial charge in [-0.15, -0.1) is 11.3 Å². The van der Waals surface area contributed by atoms with Crippen LogP contribution in [0.5, 0.6) is 0 Å². The Bertz CT molecular complexity index is 347. The van der Waals surface area contributed by atoms with E-state index in [0.29, 0.717) is 13.0 Å². The molecule has 0 aromatic carbocycles. The van der Waals surface area contributed by atoms with Crippen LogP contribution >= 0.6 is 11.3 Å². The quantitative estimate of drug-likeness (QED) is 0.737. The van der Waals surface area contributed by atoms with Crippen LogP contribution in [0, 0.1) is 0 Å². The van der Waals surface area contributed by atoms with Gasteiger partial charge in [-0.2, -0.15) is 0 Å². The highest BCUT2D eigenvalue weighted by Crippen LogP contribution is 2.26.